The van der Waals surface area contributed by atoms with Crippen LogP contribution in [0.4, 0.5) is 0 Å². The highest BCUT2D eigenvalue weighted by Gasteiger charge is 2.32. The molecule has 6 rings (SSSR count). The van der Waals surface area contributed by atoms with E-state index in [0.29, 0.717) is 43.4 Å². The molecule has 0 saturated carbocycles. The fourth-order valence-corrected chi connectivity index (χ4v) is 7.97. The molecule has 6 aromatic rings. The van der Waals surface area contributed by atoms with Crippen LogP contribution in [-0.4, -0.2) is 67.1 Å². The van der Waals surface area contributed by atoms with Crippen molar-refractivity contribution in [2.24, 2.45) is 0 Å². The fourth-order valence-electron chi connectivity index (χ4n) is 5.64. The maximum Gasteiger partial charge on any atom is 0.272 e. The summed E-state index contributed by atoms with van der Waals surface area (Å²) in [6, 6.07) is 23.7. The summed E-state index contributed by atoms with van der Waals surface area (Å²) in [4.78, 5) is 75.0. The molecule has 0 spiro atoms. The second-order valence-electron chi connectivity index (χ2n) is 17.8. The van der Waals surface area contributed by atoms with Gasteiger partial charge in [-0.1, -0.05) is 52.5 Å². The van der Waals surface area contributed by atoms with Gasteiger partial charge in [-0.15, -0.1) is 0 Å². The molecule has 0 aliphatic heterocycles. The van der Waals surface area contributed by atoms with Gasteiger partial charge in [0.2, 0.25) is 0 Å². The van der Waals surface area contributed by atoms with Crippen molar-refractivity contribution < 1.29 is 28.8 Å². The molecule has 0 aliphatic rings. The van der Waals surface area contributed by atoms with Gasteiger partial charge in [0.1, 0.15) is 0 Å². The van der Waals surface area contributed by atoms with Crippen LogP contribution in [0.25, 0.3) is 0 Å². The largest absolute Gasteiger partial charge is 0.272 e. The summed E-state index contributed by atoms with van der Waals surface area (Å²) in [5, 5.41) is 15.9. The third-order valence-electron chi connectivity index (χ3n) is 9.13. The molecule has 67 heavy (non-hydrogen) atoms. The Bertz CT molecular complexity index is 2640. The van der Waals surface area contributed by atoms with Gasteiger partial charge in [-0.05, 0) is 158 Å². The Labute approximate surface area is 418 Å². The van der Waals surface area contributed by atoms with Gasteiger partial charge in [0.05, 0.1) is 43.4 Å². The van der Waals surface area contributed by atoms with Gasteiger partial charge >= 0.3 is 0 Å². The molecule has 0 fully saturated rings. The molecule has 0 unspecified atom stereocenters. The van der Waals surface area contributed by atoms with E-state index in [-0.39, 0.29) is 40.5 Å². The summed E-state index contributed by atoms with van der Waals surface area (Å²) in [6.45, 7) is 18.6. The topological polar surface area (TPSA) is 148 Å². The first-order valence-corrected chi connectivity index (χ1v) is 24.5. The summed E-state index contributed by atoms with van der Waals surface area (Å²) < 4.78 is 0. The average molecular weight is 1020 g/mol. The lowest BCUT2D eigenvalue weighted by molar-refractivity contribution is 0.0357. The number of amides is 6. The zero-order valence-electron chi connectivity index (χ0n) is 38.7. The Balaban J connectivity index is 0.000000219. The molecule has 0 saturated heterocycles. The van der Waals surface area contributed by atoms with Gasteiger partial charge in [0.15, 0.2) is 0 Å². The predicted molar refractivity (Wildman–Crippen MR) is 272 cm³/mol. The maximum absolute atomic E-state index is 12.8. The Hall–Kier alpha value is -5.55. The molecule has 6 amide bonds. The van der Waals surface area contributed by atoms with E-state index >= 15 is 0 Å². The number of rotatable bonds is 6. The van der Waals surface area contributed by atoms with Crippen LogP contribution in [0.1, 0.15) is 130 Å². The van der Waals surface area contributed by atoms with Crippen LogP contribution in [0.15, 0.2) is 117 Å². The van der Waals surface area contributed by atoms with Gasteiger partial charge in [0, 0.05) is 37.9 Å². The van der Waals surface area contributed by atoms with Crippen molar-refractivity contribution in [2.45, 2.75) is 85.9 Å². The number of benzene rings is 3. The number of halogens is 3. The number of nitrogens with one attached hydrogen (secondary N) is 3. The van der Waals surface area contributed by atoms with E-state index < -0.39 is 16.6 Å². The Morgan fingerprint density at radius 2 is 0.791 bits per heavy atom. The van der Waals surface area contributed by atoms with Crippen molar-refractivity contribution in [3.8, 4) is 0 Å². The number of hydrazine groups is 3. The SMILES string of the molecule is CC(C)(C)N(NC(=O)c1ccsc1)C(=O)c1ccc(Cl)c(Cl)c1.CC(C)(C)N(NC(=O)c1ccsc1)C(=O)c1ccc(Cl)cc1.Cc1cccc(C(=O)N(NC(=O)c2ccsc2)C(C)(C)C)c1. The number of hydrogen-bond donors (Lipinski definition) is 3. The molecule has 12 nitrogen and oxygen atoms in total. The van der Waals surface area contributed by atoms with E-state index in [4.69, 9.17) is 34.8 Å². The van der Waals surface area contributed by atoms with Gasteiger partial charge < -0.3 is 0 Å². The minimum absolute atomic E-state index is 0.222. The number of carbonyl (C=O) groups is 6. The summed E-state index contributed by atoms with van der Waals surface area (Å²) >= 11 is 22.0. The molecule has 0 aliphatic carbocycles. The van der Waals surface area contributed by atoms with Crippen LogP contribution in [0, 0.1) is 6.92 Å². The van der Waals surface area contributed by atoms with E-state index in [9.17, 15) is 28.8 Å². The molecule has 354 valence electrons. The van der Waals surface area contributed by atoms with Gasteiger partial charge in [-0.25, -0.2) is 15.0 Å². The third-order valence-corrected chi connectivity index (χ3v) is 12.2. The quantitative estimate of drug-likeness (QED) is 0.142. The Morgan fingerprint density at radius 1 is 0.433 bits per heavy atom. The first-order valence-electron chi connectivity index (χ1n) is 20.6. The number of thiophene rings is 3. The Morgan fingerprint density at radius 3 is 1.12 bits per heavy atom. The first-order chi connectivity index (χ1) is 31.3. The molecule has 18 heteroatoms. The fraction of sp³-hybridized carbons (Fsp3) is 0.265. The smallest absolute Gasteiger partial charge is 0.267 e. The maximum atomic E-state index is 12.8. The zero-order valence-corrected chi connectivity index (χ0v) is 43.4. The monoisotopic (exact) mass is 1020 g/mol. The second kappa shape index (κ2) is 23.5. The van der Waals surface area contributed by atoms with Crippen molar-refractivity contribution in [2.75, 3.05) is 0 Å². The zero-order chi connectivity index (χ0) is 49.9. The molecule has 3 heterocycles. The van der Waals surface area contributed by atoms with Crippen molar-refractivity contribution in [3.63, 3.8) is 0 Å². The van der Waals surface area contributed by atoms with Crippen molar-refractivity contribution >= 4 is 104 Å². The summed E-state index contributed by atoms with van der Waals surface area (Å²) in [5.74, 6) is -1.79. The van der Waals surface area contributed by atoms with Gasteiger partial charge in [-0.3, -0.25) is 45.0 Å². The second-order valence-corrected chi connectivity index (χ2v) is 21.4. The molecule has 3 aromatic heterocycles. The van der Waals surface area contributed by atoms with E-state index in [2.05, 4.69) is 16.3 Å². The molecular weight excluding hydrogens is 971 g/mol. The highest BCUT2D eigenvalue weighted by Crippen LogP contribution is 2.25. The summed E-state index contributed by atoms with van der Waals surface area (Å²) in [7, 11) is 0. The average Bonchev–Trinajstić information content (AvgIpc) is 4.09. The summed E-state index contributed by atoms with van der Waals surface area (Å²) in [5.41, 5.74) is 10.3. The van der Waals surface area contributed by atoms with E-state index in [1.165, 1.54) is 55.1 Å². The summed E-state index contributed by atoms with van der Waals surface area (Å²) in [6.07, 6.45) is 0. The van der Waals surface area contributed by atoms with E-state index in [1.54, 1.807) is 82.2 Å². The van der Waals surface area contributed by atoms with Crippen molar-refractivity contribution in [1.29, 1.82) is 0 Å². The Kier molecular flexibility index (Phi) is 18.9. The van der Waals surface area contributed by atoms with Crippen LogP contribution >= 0.6 is 68.8 Å². The minimum atomic E-state index is -0.616. The highest BCUT2D eigenvalue weighted by molar-refractivity contribution is 7.08. The van der Waals surface area contributed by atoms with Crippen LogP contribution in [-0.2, 0) is 0 Å². The standard InChI is InChI=1S/C17H20N2O2S.C16H16Cl2N2O2S.C16H17ClN2O2S/c1-12-6-5-7-13(10-12)16(21)19(17(2,3)4)18-15(20)14-8-9-22-11-14;1-16(2,3)20(19-14(21)11-6-7-23-9-11)15(22)10-4-5-12(17)13(18)8-10;1-16(2,3)19(18-14(20)12-8-9-22-10-12)15(21)11-4-6-13(17)7-5-11/h5-11H,1-4H3,(H,18,20);4-9H,1-3H3,(H,19,21);4-10H,1-3H3,(H,18,20). The van der Waals surface area contributed by atoms with Crippen molar-refractivity contribution in [3.05, 3.63) is 171 Å². The highest BCUT2D eigenvalue weighted by atomic mass is 35.5. The van der Waals surface area contributed by atoms with Crippen LogP contribution in [0.3, 0.4) is 0 Å². The molecule has 3 N–H and O–H groups in total. The number of nitrogens with zero attached hydrogens (tertiary/aromatic N) is 3. The predicted octanol–water partition coefficient (Wildman–Crippen LogP) is 12.3. The molecule has 0 atom stereocenters. The lowest BCUT2D eigenvalue weighted by Crippen LogP contribution is -2.55. The number of hydrogen-bond acceptors (Lipinski definition) is 9. The van der Waals surface area contributed by atoms with Crippen LogP contribution in [0.5, 0.6) is 0 Å². The van der Waals surface area contributed by atoms with Crippen LogP contribution in [0.2, 0.25) is 15.1 Å². The molecule has 3 aromatic carbocycles. The third kappa shape index (κ3) is 15.8. The van der Waals surface area contributed by atoms with Gasteiger partial charge in [0.25, 0.3) is 35.4 Å². The lowest BCUT2D eigenvalue weighted by Gasteiger charge is -2.35. The van der Waals surface area contributed by atoms with Crippen LogP contribution < -0.4 is 16.3 Å². The van der Waals surface area contributed by atoms with E-state index in [1.807, 2.05) is 98.2 Å². The minimum Gasteiger partial charge on any atom is -0.267 e. The number of aryl methyl sites for hydroxylation is 1. The number of carbonyl (C=O) groups excluding carboxylic acids is 6. The van der Waals surface area contributed by atoms with Crippen molar-refractivity contribution in [1.82, 2.24) is 31.3 Å². The lowest BCUT2D eigenvalue weighted by atomic mass is 10.1. The molecule has 0 bridgehead atoms. The van der Waals surface area contributed by atoms with Gasteiger partial charge in [-0.2, -0.15) is 34.0 Å². The normalized spacial score (nSPS) is 11.1. The van der Waals surface area contributed by atoms with E-state index in [0.717, 1.165) is 5.56 Å². The molecule has 0 radical (unpaired) electrons. The molecular formula is C49H53Cl3N6O6S3. The first kappa shape index (κ1) is 54.1.